The van der Waals surface area contributed by atoms with Gasteiger partial charge in [-0.25, -0.2) is 0 Å². The highest BCUT2D eigenvalue weighted by atomic mass is 16.3. The highest BCUT2D eigenvalue weighted by Crippen LogP contribution is 2.62. The lowest BCUT2D eigenvalue weighted by molar-refractivity contribution is 0.563. The summed E-state index contributed by atoms with van der Waals surface area (Å²) in [6, 6.07) is 79.4. The molecule has 0 N–H and O–H groups in total. The summed E-state index contributed by atoms with van der Waals surface area (Å²) in [6.45, 7) is 4.76. The number of rotatable bonds is 6. The number of para-hydroxylation sites is 2. The lowest BCUT2D eigenvalue weighted by Crippen LogP contribution is -2.40. The van der Waals surface area contributed by atoms with Crippen molar-refractivity contribution in [2.75, 3.05) is 4.90 Å². The standard InChI is InChI=1S/C62H43NO2/c1-61(2)52-25-10-12-27-54(52)62(55-28-13-11-26-53(55)61)51-24-9-6-21-46(51)47-36-35-45(38-56(47)62)63(44-20-16-19-42(37-44)50-39-64-57-29-14-7-22-48(50)57)43-33-31-41(32-34-43)60-59(40-17-4-3-5-18-40)49-23-8-15-30-58(49)65-60/h3-39H,1-2H3. The Hall–Kier alpha value is -8.14. The molecule has 3 nitrogen and oxygen atoms in total. The van der Waals surface area contributed by atoms with Crippen LogP contribution in [0, 0.1) is 0 Å². The zero-order valence-electron chi connectivity index (χ0n) is 36.1. The Kier molecular flexibility index (Phi) is 8.17. The Labute approximate surface area is 378 Å². The normalized spacial score (nSPS) is 13.9. The molecule has 1 spiro atoms. The lowest BCUT2D eigenvalue weighted by atomic mass is 9.55. The maximum atomic E-state index is 6.70. The van der Waals surface area contributed by atoms with Crippen LogP contribution < -0.4 is 4.90 Å². The molecular formula is C62H43NO2. The summed E-state index contributed by atoms with van der Waals surface area (Å²) in [7, 11) is 0. The third-order valence-electron chi connectivity index (χ3n) is 14.2. The van der Waals surface area contributed by atoms with Crippen LogP contribution in [0.3, 0.4) is 0 Å². The molecule has 2 heterocycles. The minimum atomic E-state index is -0.521. The fourth-order valence-corrected chi connectivity index (χ4v) is 11.4. The summed E-state index contributed by atoms with van der Waals surface area (Å²) in [6.07, 6.45) is 1.89. The zero-order chi connectivity index (χ0) is 43.3. The molecule has 0 saturated carbocycles. The number of hydrogen-bond donors (Lipinski definition) is 0. The van der Waals surface area contributed by atoms with Crippen molar-refractivity contribution in [2.45, 2.75) is 24.7 Å². The molecule has 2 aromatic heterocycles. The summed E-state index contributed by atoms with van der Waals surface area (Å²) < 4.78 is 12.8. The summed E-state index contributed by atoms with van der Waals surface area (Å²) in [5.74, 6) is 0.860. The second-order valence-corrected chi connectivity index (χ2v) is 18.0. The first-order valence-electron chi connectivity index (χ1n) is 22.5. The number of hydrogen-bond acceptors (Lipinski definition) is 3. The number of furan rings is 2. The lowest BCUT2D eigenvalue weighted by Gasteiger charge is -2.46. The van der Waals surface area contributed by atoms with Gasteiger partial charge in [0.1, 0.15) is 16.9 Å². The topological polar surface area (TPSA) is 29.5 Å². The average Bonchev–Trinajstić information content (AvgIpc) is 4.06. The molecule has 0 fully saturated rings. The van der Waals surface area contributed by atoms with E-state index in [1.165, 1.54) is 44.5 Å². The molecule has 65 heavy (non-hydrogen) atoms. The molecule has 0 radical (unpaired) electrons. The Bertz CT molecular complexity index is 3590. The molecule has 13 rings (SSSR count). The van der Waals surface area contributed by atoms with Gasteiger partial charge >= 0.3 is 0 Å². The molecule has 2 aliphatic rings. The smallest absolute Gasteiger partial charge is 0.143 e. The van der Waals surface area contributed by atoms with Gasteiger partial charge in [-0.05, 0) is 116 Å². The summed E-state index contributed by atoms with van der Waals surface area (Å²) in [5.41, 5.74) is 20.2. The maximum Gasteiger partial charge on any atom is 0.143 e. The van der Waals surface area contributed by atoms with E-state index in [0.717, 1.165) is 72.6 Å². The molecule has 2 aliphatic carbocycles. The van der Waals surface area contributed by atoms with E-state index in [2.05, 4.69) is 219 Å². The van der Waals surface area contributed by atoms with Crippen LogP contribution in [0.25, 0.3) is 66.6 Å². The van der Waals surface area contributed by atoms with E-state index in [4.69, 9.17) is 8.83 Å². The minimum absolute atomic E-state index is 0.181. The van der Waals surface area contributed by atoms with E-state index in [-0.39, 0.29) is 5.41 Å². The van der Waals surface area contributed by atoms with Gasteiger partial charge in [0, 0.05) is 49.9 Å². The zero-order valence-corrected chi connectivity index (χ0v) is 36.1. The second kappa shape index (κ2) is 14.2. The number of anilines is 3. The van der Waals surface area contributed by atoms with Crippen molar-refractivity contribution in [3.8, 4) is 44.7 Å². The fourth-order valence-electron chi connectivity index (χ4n) is 11.4. The molecule has 0 atom stereocenters. The van der Waals surface area contributed by atoms with Crippen molar-refractivity contribution in [2.24, 2.45) is 0 Å². The van der Waals surface area contributed by atoms with Gasteiger partial charge in [-0.15, -0.1) is 0 Å². The van der Waals surface area contributed by atoms with E-state index in [0.29, 0.717) is 0 Å². The SMILES string of the molecule is CC1(C)c2ccccc2C2(c3ccccc3-c3ccc(N(c4ccc(-c5oc6ccccc6c5-c5ccccc5)cc4)c4cccc(-c5coc6ccccc56)c4)cc32)c2ccccc21. The number of benzene rings is 9. The van der Waals surface area contributed by atoms with E-state index < -0.39 is 5.41 Å². The molecule has 0 saturated heterocycles. The van der Waals surface area contributed by atoms with Gasteiger partial charge in [-0.3, -0.25) is 0 Å². The first kappa shape index (κ1) is 37.4. The Balaban J connectivity index is 1.04. The van der Waals surface area contributed by atoms with Crippen LogP contribution in [-0.2, 0) is 10.8 Å². The Morgan fingerprint density at radius 2 is 0.938 bits per heavy atom. The van der Waals surface area contributed by atoms with Crippen LogP contribution in [0.4, 0.5) is 17.1 Å². The van der Waals surface area contributed by atoms with E-state index in [9.17, 15) is 0 Å². The first-order valence-corrected chi connectivity index (χ1v) is 22.5. The molecule has 0 bridgehead atoms. The van der Waals surface area contributed by atoms with Gasteiger partial charge < -0.3 is 13.7 Å². The van der Waals surface area contributed by atoms with Crippen LogP contribution >= 0.6 is 0 Å². The predicted octanol–water partition coefficient (Wildman–Crippen LogP) is 16.7. The number of fused-ring (bicyclic) bond motifs is 11. The van der Waals surface area contributed by atoms with Crippen molar-refractivity contribution in [3.05, 3.63) is 258 Å². The molecular weight excluding hydrogens is 791 g/mol. The quantitative estimate of drug-likeness (QED) is 0.167. The van der Waals surface area contributed by atoms with Gasteiger partial charge in [0.15, 0.2) is 0 Å². The Morgan fingerprint density at radius 1 is 0.369 bits per heavy atom. The molecule has 308 valence electrons. The van der Waals surface area contributed by atoms with Crippen molar-refractivity contribution >= 4 is 39.0 Å². The number of nitrogens with zero attached hydrogens (tertiary/aromatic N) is 1. The summed E-state index contributed by atoms with van der Waals surface area (Å²) in [5, 5.41) is 2.20. The molecule has 0 unspecified atom stereocenters. The second-order valence-electron chi connectivity index (χ2n) is 18.0. The van der Waals surface area contributed by atoms with Crippen molar-refractivity contribution < 1.29 is 8.83 Å². The highest BCUT2D eigenvalue weighted by molar-refractivity contribution is 6.02. The highest BCUT2D eigenvalue weighted by Gasteiger charge is 2.53. The summed E-state index contributed by atoms with van der Waals surface area (Å²) >= 11 is 0. The summed E-state index contributed by atoms with van der Waals surface area (Å²) in [4.78, 5) is 2.41. The maximum absolute atomic E-state index is 6.70. The molecule has 0 aliphatic heterocycles. The van der Waals surface area contributed by atoms with Gasteiger partial charge in [-0.1, -0.05) is 172 Å². The fraction of sp³-hybridized carbons (Fsp3) is 0.0645. The molecule has 3 heteroatoms. The van der Waals surface area contributed by atoms with Crippen molar-refractivity contribution in [1.29, 1.82) is 0 Å². The molecule has 0 amide bonds. The minimum Gasteiger partial charge on any atom is -0.464 e. The van der Waals surface area contributed by atoms with Gasteiger partial charge in [0.25, 0.3) is 0 Å². The molecule has 11 aromatic rings. The van der Waals surface area contributed by atoms with Gasteiger partial charge in [-0.2, -0.15) is 0 Å². The van der Waals surface area contributed by atoms with Crippen LogP contribution in [-0.4, -0.2) is 0 Å². The van der Waals surface area contributed by atoms with Crippen LogP contribution in [0.2, 0.25) is 0 Å². The third-order valence-corrected chi connectivity index (χ3v) is 14.2. The van der Waals surface area contributed by atoms with Crippen molar-refractivity contribution in [3.63, 3.8) is 0 Å². The van der Waals surface area contributed by atoms with Crippen molar-refractivity contribution in [1.82, 2.24) is 0 Å². The van der Waals surface area contributed by atoms with E-state index in [1.807, 2.05) is 24.5 Å². The first-order chi connectivity index (χ1) is 32.0. The van der Waals surface area contributed by atoms with Gasteiger partial charge in [0.05, 0.1) is 11.7 Å². The third kappa shape index (κ3) is 5.42. The van der Waals surface area contributed by atoms with Crippen LogP contribution in [0.15, 0.2) is 233 Å². The van der Waals surface area contributed by atoms with Crippen LogP contribution in [0.5, 0.6) is 0 Å². The van der Waals surface area contributed by atoms with Crippen LogP contribution in [0.1, 0.15) is 47.2 Å². The van der Waals surface area contributed by atoms with Gasteiger partial charge in [0.2, 0.25) is 0 Å². The Morgan fingerprint density at radius 3 is 1.69 bits per heavy atom. The van der Waals surface area contributed by atoms with E-state index in [1.54, 1.807) is 0 Å². The largest absolute Gasteiger partial charge is 0.464 e. The van der Waals surface area contributed by atoms with E-state index >= 15 is 0 Å². The monoisotopic (exact) mass is 833 g/mol. The average molecular weight is 834 g/mol. The molecule has 9 aromatic carbocycles. The predicted molar refractivity (Wildman–Crippen MR) is 266 cm³/mol.